The molecule has 5 heteroatoms. The second-order valence-corrected chi connectivity index (χ2v) is 6.95. The maximum atomic E-state index is 13.0. The fourth-order valence-electron chi connectivity index (χ4n) is 3.79. The summed E-state index contributed by atoms with van der Waals surface area (Å²) in [5, 5.41) is 8.64. The second-order valence-electron chi connectivity index (χ2n) is 6.95. The molecule has 0 saturated carbocycles. The SMILES string of the molecule is Cc1cc(C)cc(C(=O)N2CCCC(c3nnc4ccccn34)C2)c1. The van der Waals surface area contributed by atoms with Crippen LogP contribution in [0, 0.1) is 13.8 Å². The molecular formula is C20H22N4O. The van der Waals surface area contributed by atoms with Gasteiger partial charge in [-0.15, -0.1) is 10.2 Å². The van der Waals surface area contributed by atoms with E-state index in [1.54, 1.807) is 0 Å². The van der Waals surface area contributed by atoms with E-state index in [4.69, 9.17) is 0 Å². The van der Waals surface area contributed by atoms with Crippen LogP contribution in [0.1, 0.15) is 46.1 Å². The molecule has 4 rings (SSSR count). The van der Waals surface area contributed by atoms with Crippen LogP contribution >= 0.6 is 0 Å². The first-order valence-electron chi connectivity index (χ1n) is 8.79. The van der Waals surface area contributed by atoms with Crippen LogP contribution in [0.4, 0.5) is 0 Å². The monoisotopic (exact) mass is 334 g/mol. The van der Waals surface area contributed by atoms with Crippen molar-refractivity contribution in [3.8, 4) is 0 Å². The summed E-state index contributed by atoms with van der Waals surface area (Å²) in [5.41, 5.74) is 3.89. The molecule has 0 spiro atoms. The van der Waals surface area contributed by atoms with Crippen LogP contribution in [0.2, 0.25) is 0 Å². The molecule has 1 aliphatic heterocycles. The van der Waals surface area contributed by atoms with Gasteiger partial charge in [-0.2, -0.15) is 0 Å². The molecule has 2 aromatic heterocycles. The van der Waals surface area contributed by atoms with Gasteiger partial charge in [0.15, 0.2) is 5.65 Å². The van der Waals surface area contributed by atoms with Gasteiger partial charge in [-0.3, -0.25) is 9.20 Å². The van der Waals surface area contributed by atoms with Gasteiger partial charge in [-0.05, 0) is 51.0 Å². The van der Waals surface area contributed by atoms with Gasteiger partial charge in [0.05, 0.1) is 0 Å². The van der Waals surface area contributed by atoms with Crippen molar-refractivity contribution in [1.29, 1.82) is 0 Å². The third-order valence-electron chi connectivity index (χ3n) is 4.88. The van der Waals surface area contributed by atoms with Gasteiger partial charge in [0.25, 0.3) is 5.91 Å². The van der Waals surface area contributed by atoms with Crippen molar-refractivity contribution in [3.63, 3.8) is 0 Å². The Kier molecular flexibility index (Phi) is 3.99. The zero-order valence-electron chi connectivity index (χ0n) is 14.6. The first-order chi connectivity index (χ1) is 12.1. The molecule has 1 atom stereocenters. The number of benzene rings is 1. The van der Waals surface area contributed by atoms with Crippen LogP contribution in [-0.4, -0.2) is 38.5 Å². The Labute approximate surface area is 147 Å². The van der Waals surface area contributed by atoms with Crippen LogP contribution in [-0.2, 0) is 0 Å². The summed E-state index contributed by atoms with van der Waals surface area (Å²) in [6, 6.07) is 12.0. The largest absolute Gasteiger partial charge is 0.338 e. The van der Waals surface area contributed by atoms with Crippen molar-refractivity contribution in [2.24, 2.45) is 0 Å². The molecule has 1 unspecified atom stereocenters. The topological polar surface area (TPSA) is 50.5 Å². The molecule has 0 N–H and O–H groups in total. The molecule has 0 aliphatic carbocycles. The standard InChI is InChI=1S/C20H22N4O/c1-14-10-15(2)12-17(11-14)20(25)23-8-5-6-16(13-23)19-22-21-18-7-3-4-9-24(18)19/h3-4,7,9-12,16H,5-6,8,13H2,1-2H3. The average molecular weight is 334 g/mol. The number of aromatic nitrogens is 3. The number of piperidine rings is 1. The molecule has 128 valence electrons. The number of carbonyl (C=O) groups is 1. The van der Waals surface area contributed by atoms with Crippen molar-refractivity contribution in [2.75, 3.05) is 13.1 Å². The number of carbonyl (C=O) groups excluding carboxylic acids is 1. The van der Waals surface area contributed by atoms with Crippen molar-refractivity contribution < 1.29 is 4.79 Å². The van der Waals surface area contributed by atoms with Gasteiger partial charge in [0.1, 0.15) is 5.82 Å². The zero-order valence-corrected chi connectivity index (χ0v) is 14.6. The van der Waals surface area contributed by atoms with Crippen LogP contribution in [0.3, 0.4) is 0 Å². The summed E-state index contributed by atoms with van der Waals surface area (Å²) in [5.74, 6) is 1.29. The van der Waals surface area contributed by atoms with Gasteiger partial charge in [-0.25, -0.2) is 0 Å². The van der Waals surface area contributed by atoms with Crippen molar-refractivity contribution >= 4 is 11.6 Å². The number of pyridine rings is 1. The molecule has 0 radical (unpaired) electrons. The highest BCUT2D eigenvalue weighted by atomic mass is 16.2. The Morgan fingerprint density at radius 1 is 1.12 bits per heavy atom. The third-order valence-corrected chi connectivity index (χ3v) is 4.88. The van der Waals surface area contributed by atoms with Crippen LogP contribution < -0.4 is 0 Å². The van der Waals surface area contributed by atoms with E-state index in [9.17, 15) is 4.79 Å². The number of nitrogens with zero attached hydrogens (tertiary/aromatic N) is 4. The molecule has 5 nitrogen and oxygen atoms in total. The van der Waals surface area contributed by atoms with Crippen LogP contribution in [0.5, 0.6) is 0 Å². The summed E-state index contributed by atoms with van der Waals surface area (Å²) in [6.07, 6.45) is 4.02. The molecule has 3 aromatic rings. The molecule has 1 fully saturated rings. The number of likely N-dealkylation sites (tertiary alicyclic amines) is 1. The van der Waals surface area contributed by atoms with E-state index in [0.29, 0.717) is 6.54 Å². The number of hydrogen-bond donors (Lipinski definition) is 0. The zero-order chi connectivity index (χ0) is 17.4. The molecule has 1 aliphatic rings. The van der Waals surface area contributed by atoms with E-state index < -0.39 is 0 Å². The lowest BCUT2D eigenvalue weighted by Crippen LogP contribution is -2.39. The molecule has 1 amide bonds. The smallest absolute Gasteiger partial charge is 0.253 e. The van der Waals surface area contributed by atoms with E-state index in [1.807, 2.05) is 59.7 Å². The number of hydrogen-bond acceptors (Lipinski definition) is 3. The molecule has 1 aromatic carbocycles. The number of amides is 1. The Hall–Kier alpha value is -2.69. The minimum Gasteiger partial charge on any atom is -0.338 e. The molecular weight excluding hydrogens is 312 g/mol. The first kappa shape index (κ1) is 15.8. The minimum atomic E-state index is 0.116. The first-order valence-corrected chi connectivity index (χ1v) is 8.79. The number of aryl methyl sites for hydroxylation is 2. The fraction of sp³-hybridized carbons (Fsp3) is 0.350. The van der Waals surface area contributed by atoms with Crippen molar-refractivity contribution in [2.45, 2.75) is 32.6 Å². The lowest BCUT2D eigenvalue weighted by atomic mass is 9.96. The maximum Gasteiger partial charge on any atom is 0.253 e. The highest BCUT2D eigenvalue weighted by Gasteiger charge is 2.28. The normalized spacial score (nSPS) is 17.8. The summed E-state index contributed by atoms with van der Waals surface area (Å²) in [4.78, 5) is 14.9. The van der Waals surface area contributed by atoms with E-state index in [1.165, 1.54) is 0 Å². The van der Waals surface area contributed by atoms with Gasteiger partial charge in [0.2, 0.25) is 0 Å². The van der Waals surface area contributed by atoms with Gasteiger partial charge in [0, 0.05) is 30.8 Å². The lowest BCUT2D eigenvalue weighted by Gasteiger charge is -2.32. The third kappa shape index (κ3) is 3.02. The minimum absolute atomic E-state index is 0.116. The predicted octanol–water partition coefficient (Wildman–Crippen LogP) is 3.37. The Morgan fingerprint density at radius 3 is 2.72 bits per heavy atom. The van der Waals surface area contributed by atoms with E-state index in [-0.39, 0.29) is 11.8 Å². The van der Waals surface area contributed by atoms with Crippen LogP contribution in [0.15, 0.2) is 42.6 Å². The average Bonchev–Trinajstić information content (AvgIpc) is 3.04. The van der Waals surface area contributed by atoms with Gasteiger partial charge in [-0.1, -0.05) is 23.3 Å². The lowest BCUT2D eigenvalue weighted by molar-refractivity contribution is 0.0704. The summed E-state index contributed by atoms with van der Waals surface area (Å²) < 4.78 is 2.04. The summed E-state index contributed by atoms with van der Waals surface area (Å²) in [6.45, 7) is 5.57. The number of fused-ring (bicyclic) bond motifs is 1. The Bertz CT molecular complexity index is 910. The Morgan fingerprint density at radius 2 is 1.92 bits per heavy atom. The molecule has 1 saturated heterocycles. The van der Waals surface area contributed by atoms with Gasteiger partial charge < -0.3 is 4.90 Å². The molecule has 25 heavy (non-hydrogen) atoms. The number of rotatable bonds is 2. The second kappa shape index (κ2) is 6.31. The van der Waals surface area contributed by atoms with Crippen molar-refractivity contribution in [1.82, 2.24) is 19.5 Å². The fourth-order valence-corrected chi connectivity index (χ4v) is 3.79. The molecule has 3 heterocycles. The Balaban J connectivity index is 1.59. The quantitative estimate of drug-likeness (QED) is 0.722. The summed E-state index contributed by atoms with van der Waals surface area (Å²) >= 11 is 0. The predicted molar refractivity (Wildman–Crippen MR) is 96.8 cm³/mol. The highest BCUT2D eigenvalue weighted by molar-refractivity contribution is 5.94. The highest BCUT2D eigenvalue weighted by Crippen LogP contribution is 2.27. The van der Waals surface area contributed by atoms with E-state index in [0.717, 1.165) is 47.5 Å². The van der Waals surface area contributed by atoms with Gasteiger partial charge >= 0.3 is 0 Å². The van der Waals surface area contributed by atoms with E-state index >= 15 is 0 Å². The van der Waals surface area contributed by atoms with Crippen LogP contribution in [0.25, 0.3) is 5.65 Å². The maximum absolute atomic E-state index is 13.0. The van der Waals surface area contributed by atoms with E-state index in [2.05, 4.69) is 16.3 Å². The molecule has 0 bridgehead atoms. The summed E-state index contributed by atoms with van der Waals surface area (Å²) in [7, 11) is 0. The van der Waals surface area contributed by atoms with Crippen molar-refractivity contribution in [3.05, 3.63) is 65.1 Å².